The number of ether oxygens (including phenoxy) is 2. The number of rotatable bonds is 7. The number of nitrogens with one attached hydrogen (secondary N) is 2. The zero-order valence-corrected chi connectivity index (χ0v) is 19.7. The van der Waals surface area contributed by atoms with Crippen LogP contribution in [0, 0.1) is 6.92 Å². The molecule has 0 radical (unpaired) electrons. The number of carbonyl (C=O) groups excluding carboxylic acids is 1. The lowest BCUT2D eigenvalue weighted by atomic mass is 9.87. The molecule has 1 aliphatic carbocycles. The number of aromatic nitrogens is 2. The molecular formula is C26H29N3O3S. The fourth-order valence-electron chi connectivity index (χ4n) is 4.74. The van der Waals surface area contributed by atoms with Gasteiger partial charge in [0, 0.05) is 12.1 Å². The second-order valence-corrected chi connectivity index (χ2v) is 9.72. The van der Waals surface area contributed by atoms with E-state index in [1.54, 1.807) is 0 Å². The van der Waals surface area contributed by atoms with Crippen molar-refractivity contribution in [3.63, 3.8) is 0 Å². The molecule has 1 aliphatic heterocycles. The van der Waals surface area contributed by atoms with Crippen molar-refractivity contribution in [1.29, 1.82) is 0 Å². The zero-order chi connectivity index (χ0) is 22.7. The summed E-state index contributed by atoms with van der Waals surface area (Å²) in [5, 5.41) is 4.13. The molecule has 2 aromatic carbocycles. The lowest BCUT2D eigenvalue weighted by molar-refractivity contribution is -0.120. The molecule has 7 heteroatoms. The molecule has 1 saturated carbocycles. The number of amides is 1. The molecule has 2 heterocycles. The van der Waals surface area contributed by atoms with Gasteiger partial charge in [-0.3, -0.25) is 4.79 Å². The van der Waals surface area contributed by atoms with Crippen LogP contribution in [0.15, 0.2) is 53.7 Å². The molecule has 1 aromatic heterocycles. The Morgan fingerprint density at radius 1 is 1.09 bits per heavy atom. The van der Waals surface area contributed by atoms with Crippen LogP contribution < -0.4 is 14.8 Å². The standard InChI is InChI=1S/C26H29N3O3S/c1-18-21(15-19-7-3-2-4-8-19)28-25(27-18)33-17-24(30)29-26(11-5-6-12-26)20-9-10-22-23(16-20)32-14-13-31-22/h2-4,7-10,16H,5-6,11-15,17H2,1H3,(H,27,28)(H,29,30). The summed E-state index contributed by atoms with van der Waals surface area (Å²) in [5.41, 5.74) is 4.05. The molecule has 172 valence electrons. The van der Waals surface area contributed by atoms with Crippen molar-refractivity contribution in [3.8, 4) is 11.5 Å². The fraction of sp³-hybridized carbons (Fsp3) is 0.385. The van der Waals surface area contributed by atoms with Crippen LogP contribution in [0.1, 0.15) is 48.2 Å². The van der Waals surface area contributed by atoms with Crippen molar-refractivity contribution in [2.45, 2.75) is 49.7 Å². The van der Waals surface area contributed by atoms with Gasteiger partial charge < -0.3 is 19.8 Å². The van der Waals surface area contributed by atoms with E-state index in [9.17, 15) is 4.79 Å². The van der Waals surface area contributed by atoms with E-state index in [-0.39, 0.29) is 11.4 Å². The van der Waals surface area contributed by atoms with Crippen LogP contribution in [0.3, 0.4) is 0 Å². The fourth-order valence-corrected chi connectivity index (χ4v) is 5.48. The Morgan fingerprint density at radius 3 is 2.64 bits per heavy atom. The highest BCUT2D eigenvalue weighted by molar-refractivity contribution is 7.99. The predicted octanol–water partition coefficient (Wildman–Crippen LogP) is 4.76. The van der Waals surface area contributed by atoms with Crippen LogP contribution in [-0.2, 0) is 16.8 Å². The monoisotopic (exact) mass is 463 g/mol. The summed E-state index contributed by atoms with van der Waals surface area (Å²) >= 11 is 1.45. The van der Waals surface area contributed by atoms with Gasteiger partial charge in [0.05, 0.1) is 17.0 Å². The summed E-state index contributed by atoms with van der Waals surface area (Å²) in [6.45, 7) is 3.16. The number of hydrogen-bond acceptors (Lipinski definition) is 5. The van der Waals surface area contributed by atoms with E-state index in [4.69, 9.17) is 14.5 Å². The van der Waals surface area contributed by atoms with E-state index in [1.807, 2.05) is 37.3 Å². The van der Waals surface area contributed by atoms with Crippen LogP contribution in [0.4, 0.5) is 0 Å². The number of imidazole rings is 1. The van der Waals surface area contributed by atoms with E-state index in [0.29, 0.717) is 19.0 Å². The third-order valence-electron chi connectivity index (χ3n) is 6.45. The highest BCUT2D eigenvalue weighted by Gasteiger charge is 2.37. The summed E-state index contributed by atoms with van der Waals surface area (Å²) in [5.74, 6) is 1.89. The molecule has 1 fully saturated rings. The number of carbonyl (C=O) groups is 1. The molecule has 3 aromatic rings. The molecule has 2 N–H and O–H groups in total. The number of fused-ring (bicyclic) bond motifs is 1. The van der Waals surface area contributed by atoms with E-state index < -0.39 is 0 Å². The average Bonchev–Trinajstić information content (AvgIpc) is 3.45. The smallest absolute Gasteiger partial charge is 0.231 e. The predicted molar refractivity (Wildman–Crippen MR) is 129 cm³/mol. The Kier molecular flexibility index (Phi) is 6.31. The molecule has 0 spiro atoms. The van der Waals surface area contributed by atoms with Gasteiger partial charge in [-0.1, -0.05) is 61.0 Å². The molecule has 0 atom stereocenters. The molecule has 33 heavy (non-hydrogen) atoms. The quantitative estimate of drug-likeness (QED) is 0.494. The average molecular weight is 464 g/mol. The Hall–Kier alpha value is -2.93. The van der Waals surface area contributed by atoms with Crippen molar-refractivity contribution in [2.24, 2.45) is 0 Å². The normalized spacial score (nSPS) is 16.5. The minimum atomic E-state index is -0.342. The summed E-state index contributed by atoms with van der Waals surface area (Å²) in [4.78, 5) is 21.1. The number of hydrogen-bond donors (Lipinski definition) is 2. The summed E-state index contributed by atoms with van der Waals surface area (Å²) < 4.78 is 11.4. The van der Waals surface area contributed by atoms with E-state index in [2.05, 4.69) is 28.5 Å². The number of benzene rings is 2. The maximum absolute atomic E-state index is 13.0. The molecule has 5 rings (SSSR count). The van der Waals surface area contributed by atoms with E-state index >= 15 is 0 Å². The molecule has 6 nitrogen and oxygen atoms in total. The maximum Gasteiger partial charge on any atom is 0.231 e. The van der Waals surface area contributed by atoms with Crippen molar-refractivity contribution in [3.05, 3.63) is 71.0 Å². The Labute approximate surface area is 198 Å². The third-order valence-corrected chi connectivity index (χ3v) is 7.32. The third kappa shape index (κ3) is 4.88. The van der Waals surface area contributed by atoms with Gasteiger partial charge in [-0.15, -0.1) is 0 Å². The molecular weight excluding hydrogens is 434 g/mol. The molecule has 2 aliphatic rings. The number of aryl methyl sites for hydroxylation is 1. The minimum Gasteiger partial charge on any atom is -0.486 e. The highest BCUT2D eigenvalue weighted by Crippen LogP contribution is 2.42. The van der Waals surface area contributed by atoms with Crippen molar-refractivity contribution >= 4 is 17.7 Å². The maximum atomic E-state index is 13.0. The van der Waals surface area contributed by atoms with Crippen LogP contribution in [0.25, 0.3) is 0 Å². The summed E-state index contributed by atoms with van der Waals surface area (Å²) in [6, 6.07) is 16.4. The van der Waals surface area contributed by atoms with Crippen molar-refractivity contribution < 1.29 is 14.3 Å². The number of thioether (sulfide) groups is 1. The van der Waals surface area contributed by atoms with Gasteiger partial charge in [-0.05, 0) is 43.0 Å². The van der Waals surface area contributed by atoms with Gasteiger partial charge in [-0.25, -0.2) is 4.98 Å². The lowest BCUT2D eigenvalue weighted by Crippen LogP contribution is -2.44. The van der Waals surface area contributed by atoms with E-state index in [1.165, 1.54) is 17.3 Å². The second kappa shape index (κ2) is 9.51. The highest BCUT2D eigenvalue weighted by atomic mass is 32.2. The van der Waals surface area contributed by atoms with Crippen molar-refractivity contribution in [1.82, 2.24) is 15.3 Å². The van der Waals surface area contributed by atoms with Gasteiger partial charge in [0.1, 0.15) is 13.2 Å². The van der Waals surface area contributed by atoms with Gasteiger partial charge in [0.15, 0.2) is 16.7 Å². The van der Waals surface area contributed by atoms with Gasteiger partial charge in [0.2, 0.25) is 5.91 Å². The minimum absolute atomic E-state index is 0.0236. The number of aromatic amines is 1. The second-order valence-electron chi connectivity index (χ2n) is 8.76. The topological polar surface area (TPSA) is 76.2 Å². The summed E-state index contributed by atoms with van der Waals surface area (Å²) in [7, 11) is 0. The Balaban J connectivity index is 1.24. The first-order valence-electron chi connectivity index (χ1n) is 11.5. The van der Waals surface area contributed by atoms with Crippen molar-refractivity contribution in [2.75, 3.05) is 19.0 Å². The zero-order valence-electron chi connectivity index (χ0n) is 18.9. The SMILES string of the molecule is Cc1[nH]c(SCC(=O)NC2(c3ccc4c(c3)OCCO4)CCCC2)nc1Cc1ccccc1. The van der Waals surface area contributed by atoms with Crippen LogP contribution in [0.2, 0.25) is 0 Å². The Bertz CT molecular complexity index is 1120. The lowest BCUT2D eigenvalue weighted by Gasteiger charge is -2.32. The molecule has 1 amide bonds. The first-order chi connectivity index (χ1) is 16.1. The number of H-pyrrole nitrogens is 1. The van der Waals surface area contributed by atoms with Crippen LogP contribution >= 0.6 is 11.8 Å². The van der Waals surface area contributed by atoms with Gasteiger partial charge >= 0.3 is 0 Å². The van der Waals surface area contributed by atoms with E-state index in [0.717, 1.165) is 65.7 Å². The molecule has 0 saturated heterocycles. The van der Waals surface area contributed by atoms with Gasteiger partial charge in [0.25, 0.3) is 0 Å². The largest absolute Gasteiger partial charge is 0.486 e. The van der Waals surface area contributed by atoms with Gasteiger partial charge in [-0.2, -0.15) is 0 Å². The molecule has 0 bridgehead atoms. The summed E-state index contributed by atoms with van der Waals surface area (Å²) in [6.07, 6.45) is 4.85. The number of nitrogens with zero attached hydrogens (tertiary/aromatic N) is 1. The first kappa shape index (κ1) is 21.9. The Morgan fingerprint density at radius 2 is 1.85 bits per heavy atom. The first-order valence-corrected chi connectivity index (χ1v) is 12.5. The molecule has 0 unspecified atom stereocenters. The van der Waals surface area contributed by atoms with Crippen LogP contribution in [0.5, 0.6) is 11.5 Å². The van der Waals surface area contributed by atoms with Crippen LogP contribution in [-0.4, -0.2) is 34.8 Å².